The number of nitrogen functional groups attached to an aromatic ring is 1. The topological polar surface area (TPSA) is 62.8 Å². The van der Waals surface area contributed by atoms with Gasteiger partial charge in [0.15, 0.2) is 0 Å². The molecule has 2 aromatic rings. The van der Waals surface area contributed by atoms with Gasteiger partial charge in [0, 0.05) is 17.5 Å². The molecule has 0 bridgehead atoms. The first kappa shape index (κ1) is 12.6. The summed E-state index contributed by atoms with van der Waals surface area (Å²) in [4.78, 5) is 4.16. The summed E-state index contributed by atoms with van der Waals surface area (Å²) in [6.45, 7) is 0. The molecule has 0 unspecified atom stereocenters. The van der Waals surface area contributed by atoms with Crippen LogP contribution in [0.25, 0.3) is 0 Å². The molecule has 3 N–H and O–H groups in total. The van der Waals surface area contributed by atoms with Crippen molar-refractivity contribution in [1.82, 2.24) is 4.98 Å². The SMILES string of the molecule is N=C(N)c1ccc(CSc2ccccn2)c(F)c1. The first-order valence-corrected chi connectivity index (χ1v) is 6.32. The molecule has 0 amide bonds. The van der Waals surface area contributed by atoms with Crippen LogP contribution in [0.4, 0.5) is 4.39 Å². The van der Waals surface area contributed by atoms with Gasteiger partial charge in [0.25, 0.3) is 0 Å². The summed E-state index contributed by atoms with van der Waals surface area (Å²) >= 11 is 1.47. The van der Waals surface area contributed by atoms with E-state index in [0.717, 1.165) is 5.03 Å². The standard InChI is InChI=1S/C13H12FN3S/c14-11-7-9(13(15)16)4-5-10(11)8-18-12-3-1-2-6-17-12/h1-7H,8H2,(H3,15,16). The van der Waals surface area contributed by atoms with E-state index in [2.05, 4.69) is 4.98 Å². The maximum atomic E-state index is 13.7. The van der Waals surface area contributed by atoms with Crippen LogP contribution in [0, 0.1) is 11.2 Å². The molecule has 0 atom stereocenters. The maximum absolute atomic E-state index is 13.7. The van der Waals surface area contributed by atoms with Gasteiger partial charge in [0.05, 0.1) is 5.03 Å². The van der Waals surface area contributed by atoms with Gasteiger partial charge in [-0.25, -0.2) is 9.37 Å². The summed E-state index contributed by atoms with van der Waals surface area (Å²) in [6, 6.07) is 10.2. The number of hydrogen-bond donors (Lipinski definition) is 2. The van der Waals surface area contributed by atoms with Crippen molar-refractivity contribution in [3.63, 3.8) is 0 Å². The van der Waals surface area contributed by atoms with E-state index in [4.69, 9.17) is 11.1 Å². The largest absolute Gasteiger partial charge is 0.384 e. The lowest BCUT2D eigenvalue weighted by Crippen LogP contribution is -2.11. The van der Waals surface area contributed by atoms with Gasteiger partial charge in [-0.05, 0) is 23.8 Å². The second-order valence-electron chi connectivity index (χ2n) is 3.68. The Morgan fingerprint density at radius 2 is 2.17 bits per heavy atom. The highest BCUT2D eigenvalue weighted by atomic mass is 32.2. The van der Waals surface area contributed by atoms with Crippen molar-refractivity contribution in [2.45, 2.75) is 10.8 Å². The number of nitrogens with two attached hydrogens (primary N) is 1. The zero-order valence-corrected chi connectivity index (χ0v) is 10.4. The Morgan fingerprint density at radius 3 is 2.78 bits per heavy atom. The van der Waals surface area contributed by atoms with Gasteiger partial charge in [-0.15, -0.1) is 11.8 Å². The number of thioether (sulfide) groups is 1. The molecule has 0 saturated carbocycles. The summed E-state index contributed by atoms with van der Waals surface area (Å²) in [5, 5.41) is 8.09. The van der Waals surface area contributed by atoms with Crippen molar-refractivity contribution < 1.29 is 4.39 Å². The van der Waals surface area contributed by atoms with Gasteiger partial charge >= 0.3 is 0 Å². The lowest BCUT2D eigenvalue weighted by atomic mass is 10.1. The highest BCUT2D eigenvalue weighted by Crippen LogP contribution is 2.22. The van der Waals surface area contributed by atoms with E-state index in [9.17, 15) is 4.39 Å². The zero-order valence-electron chi connectivity index (χ0n) is 9.56. The molecule has 1 heterocycles. The fraction of sp³-hybridized carbons (Fsp3) is 0.0769. The molecule has 0 aliphatic heterocycles. The predicted molar refractivity (Wildman–Crippen MR) is 71.2 cm³/mol. The van der Waals surface area contributed by atoms with Crippen LogP contribution in [0.15, 0.2) is 47.6 Å². The third-order valence-corrected chi connectivity index (χ3v) is 3.37. The molecule has 18 heavy (non-hydrogen) atoms. The average Bonchev–Trinajstić information content (AvgIpc) is 2.38. The van der Waals surface area contributed by atoms with E-state index in [1.54, 1.807) is 18.3 Å². The highest BCUT2D eigenvalue weighted by Gasteiger charge is 2.06. The smallest absolute Gasteiger partial charge is 0.127 e. The predicted octanol–water partition coefficient (Wildman–Crippen LogP) is 2.80. The number of rotatable bonds is 4. The molecule has 0 fully saturated rings. The van der Waals surface area contributed by atoms with Crippen molar-refractivity contribution in [3.05, 3.63) is 59.5 Å². The summed E-state index contributed by atoms with van der Waals surface area (Å²) in [5.74, 6) is 0.0325. The second-order valence-corrected chi connectivity index (χ2v) is 4.67. The molecule has 3 nitrogen and oxygen atoms in total. The normalized spacial score (nSPS) is 10.3. The van der Waals surface area contributed by atoms with E-state index in [0.29, 0.717) is 16.9 Å². The molecule has 92 valence electrons. The monoisotopic (exact) mass is 261 g/mol. The van der Waals surface area contributed by atoms with Crippen LogP contribution < -0.4 is 5.73 Å². The average molecular weight is 261 g/mol. The Bertz CT molecular complexity index is 557. The van der Waals surface area contributed by atoms with E-state index < -0.39 is 0 Å². The van der Waals surface area contributed by atoms with Gasteiger partial charge in [0.2, 0.25) is 0 Å². The van der Waals surface area contributed by atoms with Gasteiger partial charge in [-0.2, -0.15) is 0 Å². The van der Waals surface area contributed by atoms with Crippen LogP contribution in [-0.2, 0) is 5.75 Å². The van der Waals surface area contributed by atoms with Crippen molar-refractivity contribution in [2.75, 3.05) is 0 Å². The fourth-order valence-corrected chi connectivity index (χ4v) is 2.26. The van der Waals surface area contributed by atoms with Gasteiger partial charge in [-0.3, -0.25) is 5.41 Å². The lowest BCUT2D eigenvalue weighted by molar-refractivity contribution is 0.617. The zero-order chi connectivity index (χ0) is 13.0. The number of aromatic nitrogens is 1. The number of halogens is 1. The molecule has 1 aromatic carbocycles. The molecular formula is C13H12FN3S. The molecular weight excluding hydrogens is 249 g/mol. The Morgan fingerprint density at radius 1 is 1.33 bits per heavy atom. The summed E-state index contributed by atoms with van der Waals surface area (Å²) in [7, 11) is 0. The van der Waals surface area contributed by atoms with Crippen molar-refractivity contribution >= 4 is 17.6 Å². The van der Waals surface area contributed by atoms with Crippen molar-refractivity contribution in [2.24, 2.45) is 5.73 Å². The van der Waals surface area contributed by atoms with E-state index in [1.165, 1.54) is 17.8 Å². The number of nitrogens with zero attached hydrogens (tertiary/aromatic N) is 1. The van der Waals surface area contributed by atoms with Gasteiger partial charge < -0.3 is 5.73 Å². The first-order chi connectivity index (χ1) is 8.66. The minimum absolute atomic E-state index is 0.127. The van der Waals surface area contributed by atoms with E-state index in [-0.39, 0.29) is 11.7 Å². The molecule has 0 spiro atoms. The van der Waals surface area contributed by atoms with Crippen molar-refractivity contribution in [3.8, 4) is 0 Å². The van der Waals surface area contributed by atoms with Crippen LogP contribution in [0.1, 0.15) is 11.1 Å². The number of hydrogen-bond acceptors (Lipinski definition) is 3. The van der Waals surface area contributed by atoms with Crippen LogP contribution in [0.5, 0.6) is 0 Å². The number of nitrogens with one attached hydrogen (secondary N) is 1. The Balaban J connectivity index is 2.08. The Kier molecular flexibility index (Phi) is 3.94. The molecule has 0 aliphatic rings. The number of benzene rings is 1. The Hall–Kier alpha value is -1.88. The minimum atomic E-state index is -0.342. The lowest BCUT2D eigenvalue weighted by Gasteiger charge is -2.05. The molecule has 5 heteroatoms. The molecule has 0 saturated heterocycles. The summed E-state index contributed by atoms with van der Waals surface area (Å²) < 4.78 is 13.7. The first-order valence-electron chi connectivity index (χ1n) is 5.33. The number of pyridine rings is 1. The van der Waals surface area contributed by atoms with Gasteiger partial charge in [-0.1, -0.05) is 18.2 Å². The quantitative estimate of drug-likeness (QED) is 0.505. The highest BCUT2D eigenvalue weighted by molar-refractivity contribution is 7.98. The number of amidine groups is 1. The summed E-state index contributed by atoms with van der Waals surface area (Å²) in [6.07, 6.45) is 1.71. The van der Waals surface area contributed by atoms with E-state index in [1.807, 2.05) is 18.2 Å². The van der Waals surface area contributed by atoms with Crippen LogP contribution in [0.3, 0.4) is 0 Å². The van der Waals surface area contributed by atoms with Gasteiger partial charge in [0.1, 0.15) is 11.7 Å². The minimum Gasteiger partial charge on any atom is -0.384 e. The van der Waals surface area contributed by atoms with Crippen LogP contribution >= 0.6 is 11.8 Å². The molecule has 1 aromatic heterocycles. The molecule has 2 rings (SSSR count). The second kappa shape index (κ2) is 5.64. The molecule has 0 aliphatic carbocycles. The van der Waals surface area contributed by atoms with E-state index >= 15 is 0 Å². The van der Waals surface area contributed by atoms with Crippen molar-refractivity contribution in [1.29, 1.82) is 5.41 Å². The maximum Gasteiger partial charge on any atom is 0.127 e. The third-order valence-electron chi connectivity index (χ3n) is 2.38. The fourth-order valence-electron chi connectivity index (χ4n) is 1.42. The van der Waals surface area contributed by atoms with Crippen LogP contribution in [0.2, 0.25) is 0 Å². The molecule has 0 radical (unpaired) electrons. The van der Waals surface area contributed by atoms with Crippen LogP contribution in [-0.4, -0.2) is 10.8 Å². The third kappa shape index (κ3) is 3.07. The Labute approximate surface area is 109 Å². The summed E-state index contributed by atoms with van der Waals surface area (Å²) in [5.41, 5.74) is 6.28.